The van der Waals surface area contributed by atoms with Crippen molar-refractivity contribution < 1.29 is 14.3 Å². The van der Waals surface area contributed by atoms with Crippen molar-refractivity contribution >= 4 is 17.3 Å². The lowest BCUT2D eigenvalue weighted by Crippen LogP contribution is -2.14. The van der Waals surface area contributed by atoms with Gasteiger partial charge >= 0.3 is 5.97 Å². The van der Waals surface area contributed by atoms with Gasteiger partial charge in [0, 0.05) is 0 Å². The minimum atomic E-state index is -0.290. The van der Waals surface area contributed by atoms with Gasteiger partial charge in [-0.15, -0.1) is 0 Å². The molecule has 0 radical (unpaired) electrons. The lowest BCUT2D eigenvalue weighted by molar-refractivity contribution is 0.0319. The molecule has 5 nitrogen and oxygen atoms in total. The highest BCUT2D eigenvalue weighted by molar-refractivity contribution is 5.89. The summed E-state index contributed by atoms with van der Waals surface area (Å²) < 4.78 is 11.3. The zero-order chi connectivity index (χ0) is 23.0. The fourth-order valence-corrected chi connectivity index (χ4v) is 3.28. The number of esters is 1. The van der Waals surface area contributed by atoms with Gasteiger partial charge in [-0.2, -0.15) is 10.2 Å². The molecule has 0 fully saturated rings. The molecule has 0 aliphatic heterocycles. The van der Waals surface area contributed by atoms with Gasteiger partial charge in [0.05, 0.1) is 29.6 Å². The minimum absolute atomic E-state index is 0.0676. The van der Waals surface area contributed by atoms with E-state index in [1.165, 1.54) is 38.5 Å². The van der Waals surface area contributed by atoms with Crippen molar-refractivity contribution in [2.45, 2.75) is 84.7 Å². The van der Waals surface area contributed by atoms with Crippen LogP contribution in [0.15, 0.2) is 58.8 Å². The smallest absolute Gasteiger partial charge is 0.338 e. The van der Waals surface area contributed by atoms with E-state index >= 15 is 0 Å². The SMILES string of the molecule is CCCCCCOc1ccc(N=Nc2ccc(C(=O)O[C@H](C)CCCCCC)cc2)cc1. The monoisotopic (exact) mass is 438 g/mol. The lowest BCUT2D eigenvalue weighted by Gasteiger charge is -2.13. The lowest BCUT2D eigenvalue weighted by atomic mass is 10.1. The van der Waals surface area contributed by atoms with Crippen LogP contribution in [0.5, 0.6) is 5.75 Å². The molecule has 32 heavy (non-hydrogen) atoms. The molecule has 0 spiro atoms. The predicted molar refractivity (Wildman–Crippen MR) is 130 cm³/mol. The average molecular weight is 439 g/mol. The molecule has 0 amide bonds. The maximum atomic E-state index is 12.3. The standard InChI is InChI=1S/C27H38N2O3/c1-4-6-8-10-12-22(3)32-27(30)23-13-15-24(16-14-23)28-29-25-17-19-26(20-18-25)31-21-11-9-7-5-2/h13-20,22H,4-12,21H2,1-3H3/t22-/m1/s1. The van der Waals surface area contributed by atoms with Gasteiger partial charge in [-0.25, -0.2) is 4.79 Å². The first-order chi connectivity index (χ1) is 15.6. The third-order valence-electron chi connectivity index (χ3n) is 5.26. The van der Waals surface area contributed by atoms with Gasteiger partial charge in [0.1, 0.15) is 5.75 Å². The Morgan fingerprint density at radius 3 is 1.94 bits per heavy atom. The molecule has 174 valence electrons. The zero-order valence-corrected chi connectivity index (χ0v) is 19.9. The van der Waals surface area contributed by atoms with Crippen molar-refractivity contribution in [3.05, 3.63) is 54.1 Å². The molecule has 2 aromatic carbocycles. The normalized spacial score (nSPS) is 12.1. The van der Waals surface area contributed by atoms with E-state index in [9.17, 15) is 4.79 Å². The molecule has 0 aliphatic rings. The number of hydrogen-bond donors (Lipinski definition) is 0. The summed E-state index contributed by atoms with van der Waals surface area (Å²) in [5.41, 5.74) is 1.97. The Kier molecular flexibility index (Phi) is 12.1. The maximum absolute atomic E-state index is 12.3. The third-order valence-corrected chi connectivity index (χ3v) is 5.26. The molecule has 0 heterocycles. The van der Waals surface area contributed by atoms with Crippen LogP contribution in [-0.4, -0.2) is 18.7 Å². The summed E-state index contributed by atoms with van der Waals surface area (Å²) in [5.74, 6) is 0.560. The van der Waals surface area contributed by atoms with Crippen LogP contribution in [0.1, 0.15) is 88.9 Å². The van der Waals surface area contributed by atoms with Crippen LogP contribution < -0.4 is 4.74 Å². The van der Waals surface area contributed by atoms with E-state index in [4.69, 9.17) is 9.47 Å². The fraction of sp³-hybridized carbons (Fsp3) is 0.519. The van der Waals surface area contributed by atoms with Crippen LogP contribution in [0.2, 0.25) is 0 Å². The molecule has 0 saturated heterocycles. The highest BCUT2D eigenvalue weighted by Gasteiger charge is 2.11. The van der Waals surface area contributed by atoms with Crippen LogP contribution in [0.3, 0.4) is 0 Å². The molecule has 0 N–H and O–H groups in total. The molecule has 1 atom stereocenters. The largest absolute Gasteiger partial charge is 0.494 e. The summed E-state index contributed by atoms with van der Waals surface area (Å²) in [6.45, 7) is 7.09. The van der Waals surface area contributed by atoms with E-state index in [2.05, 4.69) is 24.1 Å². The predicted octanol–water partition coefficient (Wildman–Crippen LogP) is 8.58. The first-order valence-corrected chi connectivity index (χ1v) is 12.1. The molecule has 2 aromatic rings. The van der Waals surface area contributed by atoms with Gasteiger partial charge in [0.15, 0.2) is 0 Å². The van der Waals surface area contributed by atoms with Crippen molar-refractivity contribution in [3.63, 3.8) is 0 Å². The van der Waals surface area contributed by atoms with E-state index in [0.717, 1.165) is 37.3 Å². The Balaban J connectivity index is 1.78. The van der Waals surface area contributed by atoms with Crippen molar-refractivity contribution in [2.24, 2.45) is 10.2 Å². The number of azo groups is 1. The van der Waals surface area contributed by atoms with Crippen LogP contribution in [0.4, 0.5) is 11.4 Å². The third kappa shape index (κ3) is 10.1. The average Bonchev–Trinajstić information content (AvgIpc) is 2.81. The topological polar surface area (TPSA) is 60.2 Å². The zero-order valence-electron chi connectivity index (χ0n) is 19.9. The van der Waals surface area contributed by atoms with E-state index in [-0.39, 0.29) is 12.1 Å². The van der Waals surface area contributed by atoms with Gasteiger partial charge in [-0.3, -0.25) is 0 Å². The van der Waals surface area contributed by atoms with Crippen LogP contribution in [0.25, 0.3) is 0 Å². The second-order valence-corrected chi connectivity index (χ2v) is 8.22. The van der Waals surface area contributed by atoms with Gasteiger partial charge < -0.3 is 9.47 Å². The number of rotatable bonds is 15. The van der Waals surface area contributed by atoms with Crippen molar-refractivity contribution in [3.8, 4) is 5.75 Å². The second-order valence-electron chi connectivity index (χ2n) is 8.22. The Hall–Kier alpha value is -2.69. The van der Waals surface area contributed by atoms with Crippen LogP contribution >= 0.6 is 0 Å². The van der Waals surface area contributed by atoms with Gasteiger partial charge in [0.25, 0.3) is 0 Å². The van der Waals surface area contributed by atoms with E-state index < -0.39 is 0 Å². The maximum Gasteiger partial charge on any atom is 0.338 e. The summed E-state index contributed by atoms with van der Waals surface area (Å²) in [6, 6.07) is 14.6. The van der Waals surface area contributed by atoms with E-state index in [0.29, 0.717) is 11.3 Å². The van der Waals surface area contributed by atoms with Gasteiger partial charge in [-0.05, 0) is 74.7 Å². The number of unbranched alkanes of at least 4 members (excludes halogenated alkanes) is 6. The van der Waals surface area contributed by atoms with Crippen LogP contribution in [-0.2, 0) is 4.74 Å². The van der Waals surface area contributed by atoms with Gasteiger partial charge in [0.2, 0.25) is 0 Å². The summed E-state index contributed by atoms with van der Waals surface area (Å²) >= 11 is 0. The summed E-state index contributed by atoms with van der Waals surface area (Å²) in [6.07, 6.45) is 10.3. The number of nitrogens with zero attached hydrogens (tertiary/aromatic N) is 2. The van der Waals surface area contributed by atoms with E-state index in [1.54, 1.807) is 24.3 Å². The molecule has 2 rings (SSSR count). The Labute approximate surface area is 193 Å². The quantitative estimate of drug-likeness (QED) is 0.159. The highest BCUT2D eigenvalue weighted by atomic mass is 16.5. The molecule has 0 saturated carbocycles. The number of ether oxygens (including phenoxy) is 2. The number of hydrogen-bond acceptors (Lipinski definition) is 5. The molecule has 0 aliphatic carbocycles. The van der Waals surface area contributed by atoms with Gasteiger partial charge in [-0.1, -0.05) is 52.4 Å². The number of carbonyl (C=O) groups excluding carboxylic acids is 1. The Morgan fingerprint density at radius 2 is 1.34 bits per heavy atom. The van der Waals surface area contributed by atoms with Crippen molar-refractivity contribution in [2.75, 3.05) is 6.61 Å². The Bertz CT molecular complexity index is 801. The van der Waals surface area contributed by atoms with Crippen molar-refractivity contribution in [1.82, 2.24) is 0 Å². The molecular weight excluding hydrogens is 400 g/mol. The van der Waals surface area contributed by atoms with E-state index in [1.807, 2.05) is 31.2 Å². The molecule has 0 bridgehead atoms. The molecule has 5 heteroatoms. The minimum Gasteiger partial charge on any atom is -0.494 e. The Morgan fingerprint density at radius 1 is 0.781 bits per heavy atom. The molecular formula is C27H38N2O3. The van der Waals surface area contributed by atoms with Crippen molar-refractivity contribution in [1.29, 1.82) is 0 Å². The first-order valence-electron chi connectivity index (χ1n) is 12.1. The number of carbonyl (C=O) groups is 1. The second kappa shape index (κ2) is 15.2. The van der Waals surface area contributed by atoms with Crippen LogP contribution in [0, 0.1) is 0 Å². The summed E-state index contributed by atoms with van der Waals surface area (Å²) in [4.78, 5) is 12.3. The first kappa shape index (κ1) is 25.6. The number of benzene rings is 2. The molecule has 0 aromatic heterocycles. The highest BCUT2D eigenvalue weighted by Crippen LogP contribution is 2.22. The fourth-order valence-electron chi connectivity index (χ4n) is 3.28. The summed E-state index contributed by atoms with van der Waals surface area (Å²) in [7, 11) is 0. The molecule has 0 unspecified atom stereocenters. The summed E-state index contributed by atoms with van der Waals surface area (Å²) in [5, 5.41) is 8.52.